The van der Waals surface area contributed by atoms with E-state index < -0.39 is 17.9 Å². The minimum absolute atomic E-state index is 0.0743. The highest BCUT2D eigenvalue weighted by molar-refractivity contribution is 6.35. The third-order valence-electron chi connectivity index (χ3n) is 4.62. The highest BCUT2D eigenvalue weighted by Crippen LogP contribution is 2.36. The summed E-state index contributed by atoms with van der Waals surface area (Å²) >= 11 is 12.2. The summed E-state index contributed by atoms with van der Waals surface area (Å²) in [7, 11) is 0. The van der Waals surface area contributed by atoms with E-state index in [-0.39, 0.29) is 11.2 Å². The van der Waals surface area contributed by atoms with E-state index in [1.54, 1.807) is 25.1 Å². The van der Waals surface area contributed by atoms with Gasteiger partial charge in [0.25, 0.3) is 0 Å². The molecular formula is C17H14Cl2F3N5. The summed E-state index contributed by atoms with van der Waals surface area (Å²) in [6.45, 7) is 3.32. The van der Waals surface area contributed by atoms with Crippen LogP contribution in [0.5, 0.6) is 0 Å². The molecule has 0 spiro atoms. The molecule has 3 heterocycles. The summed E-state index contributed by atoms with van der Waals surface area (Å²) in [6, 6.07) is 4.26. The number of fused-ring (bicyclic) bond motifs is 1. The van der Waals surface area contributed by atoms with Crippen LogP contribution in [0.4, 0.5) is 19.0 Å². The number of nitrogens with zero attached hydrogens (tertiary/aromatic N) is 5. The van der Waals surface area contributed by atoms with Gasteiger partial charge in [0, 0.05) is 23.1 Å². The molecule has 0 N–H and O–H groups in total. The zero-order valence-corrected chi connectivity index (χ0v) is 15.6. The third kappa shape index (κ3) is 3.21. The molecule has 4 rings (SSSR count). The van der Waals surface area contributed by atoms with Crippen LogP contribution in [0.3, 0.4) is 0 Å². The number of hydrogen-bond donors (Lipinski definition) is 0. The van der Waals surface area contributed by atoms with E-state index in [0.717, 1.165) is 19.5 Å². The fourth-order valence-electron chi connectivity index (χ4n) is 3.03. The lowest BCUT2D eigenvalue weighted by Crippen LogP contribution is -2.37. The molecule has 1 aliphatic rings. The Balaban J connectivity index is 1.89. The van der Waals surface area contributed by atoms with Crippen molar-refractivity contribution in [3.8, 4) is 0 Å². The second-order valence-electron chi connectivity index (χ2n) is 6.37. The molecule has 0 radical (unpaired) electrons. The standard InChI is InChI=1S/C17H14Cl2F3N5/c1-9(11-4-3-10(18)7-12(11)19)27-16-14(15(25-27)17(20,21)22)23-8-13(24-16)26-5-2-6-26/h3-4,7-9H,2,5-6H2,1H3/t9-/m1/s1. The van der Waals surface area contributed by atoms with Crippen LogP contribution < -0.4 is 4.90 Å². The van der Waals surface area contributed by atoms with Crippen molar-refractivity contribution in [1.29, 1.82) is 0 Å². The average molecular weight is 416 g/mol. The molecule has 142 valence electrons. The summed E-state index contributed by atoms with van der Waals surface area (Å²) in [4.78, 5) is 10.4. The zero-order valence-electron chi connectivity index (χ0n) is 14.1. The van der Waals surface area contributed by atoms with E-state index in [9.17, 15) is 13.2 Å². The Bertz CT molecular complexity index is 1010. The maximum atomic E-state index is 13.5. The van der Waals surface area contributed by atoms with Gasteiger partial charge in [-0.15, -0.1) is 0 Å². The molecule has 27 heavy (non-hydrogen) atoms. The first-order valence-corrected chi connectivity index (χ1v) is 9.03. The number of benzene rings is 1. The molecule has 1 atom stereocenters. The predicted molar refractivity (Wildman–Crippen MR) is 97.4 cm³/mol. The van der Waals surface area contributed by atoms with Gasteiger partial charge in [0.05, 0.1) is 12.2 Å². The van der Waals surface area contributed by atoms with Crippen LogP contribution in [0.1, 0.15) is 30.6 Å². The monoisotopic (exact) mass is 415 g/mol. The van der Waals surface area contributed by atoms with Crippen LogP contribution in [0.2, 0.25) is 10.0 Å². The molecule has 1 aliphatic heterocycles. The third-order valence-corrected chi connectivity index (χ3v) is 5.18. The van der Waals surface area contributed by atoms with Gasteiger partial charge in [0.15, 0.2) is 11.3 Å². The fourth-order valence-corrected chi connectivity index (χ4v) is 3.60. The van der Waals surface area contributed by atoms with Crippen molar-refractivity contribution < 1.29 is 13.2 Å². The van der Waals surface area contributed by atoms with Gasteiger partial charge >= 0.3 is 6.18 Å². The summed E-state index contributed by atoms with van der Waals surface area (Å²) in [5.74, 6) is 0.540. The molecule has 1 fully saturated rings. The van der Waals surface area contributed by atoms with E-state index in [0.29, 0.717) is 21.4 Å². The van der Waals surface area contributed by atoms with Crippen molar-refractivity contribution in [3.63, 3.8) is 0 Å². The Morgan fingerprint density at radius 1 is 1.19 bits per heavy atom. The van der Waals surface area contributed by atoms with Gasteiger partial charge in [-0.2, -0.15) is 18.3 Å². The Labute approximate surface area is 162 Å². The van der Waals surface area contributed by atoms with Crippen LogP contribution in [0, 0.1) is 0 Å². The van der Waals surface area contributed by atoms with Gasteiger partial charge in [-0.25, -0.2) is 14.6 Å². The van der Waals surface area contributed by atoms with Gasteiger partial charge < -0.3 is 4.90 Å². The Morgan fingerprint density at radius 3 is 2.52 bits per heavy atom. The molecule has 3 aromatic rings. The summed E-state index contributed by atoms with van der Waals surface area (Å²) in [5.41, 5.74) is -0.665. The highest BCUT2D eigenvalue weighted by Gasteiger charge is 2.39. The van der Waals surface area contributed by atoms with Crippen molar-refractivity contribution in [2.24, 2.45) is 0 Å². The number of hydrogen-bond acceptors (Lipinski definition) is 4. The lowest BCUT2D eigenvalue weighted by atomic mass is 10.1. The second-order valence-corrected chi connectivity index (χ2v) is 7.22. The first kappa shape index (κ1) is 18.3. The summed E-state index contributed by atoms with van der Waals surface area (Å²) in [5, 5.41) is 4.59. The molecule has 5 nitrogen and oxygen atoms in total. The van der Waals surface area contributed by atoms with Crippen molar-refractivity contribution in [1.82, 2.24) is 19.7 Å². The number of halogens is 5. The SMILES string of the molecule is C[C@H](c1ccc(Cl)cc1Cl)n1nc(C(F)(F)F)c2ncc(N3CCC3)nc21. The molecule has 0 bridgehead atoms. The average Bonchev–Trinajstić information content (AvgIpc) is 2.92. The zero-order chi connectivity index (χ0) is 19.3. The van der Waals surface area contributed by atoms with Crippen molar-refractivity contribution >= 4 is 40.2 Å². The van der Waals surface area contributed by atoms with E-state index >= 15 is 0 Å². The van der Waals surface area contributed by atoms with Crippen molar-refractivity contribution in [2.45, 2.75) is 25.6 Å². The summed E-state index contributed by atoms with van der Waals surface area (Å²) in [6.07, 6.45) is -2.26. The van der Waals surface area contributed by atoms with E-state index in [1.807, 2.05) is 4.90 Å². The molecular weight excluding hydrogens is 402 g/mol. The Morgan fingerprint density at radius 2 is 1.93 bits per heavy atom. The van der Waals surface area contributed by atoms with Crippen LogP contribution >= 0.6 is 23.2 Å². The lowest BCUT2D eigenvalue weighted by molar-refractivity contribution is -0.140. The normalized spacial score (nSPS) is 15.9. The van der Waals surface area contributed by atoms with Gasteiger partial charge in [0.2, 0.25) is 0 Å². The lowest BCUT2D eigenvalue weighted by Gasteiger charge is -2.31. The largest absolute Gasteiger partial charge is 0.437 e. The molecule has 0 aliphatic carbocycles. The van der Waals surface area contributed by atoms with Gasteiger partial charge in [-0.1, -0.05) is 29.3 Å². The van der Waals surface area contributed by atoms with E-state index in [1.165, 1.54) is 10.9 Å². The molecule has 10 heteroatoms. The maximum absolute atomic E-state index is 13.5. The van der Waals surface area contributed by atoms with Gasteiger partial charge in [-0.05, 0) is 31.0 Å². The minimum atomic E-state index is -4.64. The van der Waals surface area contributed by atoms with E-state index in [2.05, 4.69) is 15.1 Å². The number of anilines is 1. The Hall–Kier alpha value is -2.06. The molecule has 2 aromatic heterocycles. The molecule has 1 saturated heterocycles. The van der Waals surface area contributed by atoms with Gasteiger partial charge in [0.1, 0.15) is 11.3 Å². The smallest absolute Gasteiger partial charge is 0.355 e. The minimum Gasteiger partial charge on any atom is -0.355 e. The van der Waals surface area contributed by atoms with E-state index in [4.69, 9.17) is 23.2 Å². The first-order chi connectivity index (χ1) is 12.8. The summed E-state index contributed by atoms with van der Waals surface area (Å²) < 4.78 is 41.6. The van der Waals surface area contributed by atoms with Crippen LogP contribution in [0.15, 0.2) is 24.4 Å². The maximum Gasteiger partial charge on any atom is 0.437 e. The second kappa shape index (κ2) is 6.53. The quantitative estimate of drug-likeness (QED) is 0.605. The number of rotatable bonds is 3. The highest BCUT2D eigenvalue weighted by atomic mass is 35.5. The van der Waals surface area contributed by atoms with Crippen molar-refractivity contribution in [2.75, 3.05) is 18.0 Å². The van der Waals surface area contributed by atoms with Crippen LogP contribution in [-0.2, 0) is 6.18 Å². The molecule has 0 unspecified atom stereocenters. The first-order valence-electron chi connectivity index (χ1n) is 8.28. The molecule has 0 amide bonds. The topological polar surface area (TPSA) is 46.8 Å². The predicted octanol–water partition coefficient (Wildman–Crippen LogP) is 4.97. The van der Waals surface area contributed by atoms with Gasteiger partial charge in [-0.3, -0.25) is 0 Å². The molecule has 0 saturated carbocycles. The number of aromatic nitrogens is 4. The van der Waals surface area contributed by atoms with Crippen molar-refractivity contribution in [3.05, 3.63) is 45.7 Å². The van der Waals surface area contributed by atoms with Crippen LogP contribution in [0.25, 0.3) is 11.2 Å². The van der Waals surface area contributed by atoms with Crippen LogP contribution in [-0.4, -0.2) is 32.8 Å². The fraction of sp³-hybridized carbons (Fsp3) is 0.353. The number of alkyl halides is 3. The molecule has 1 aromatic carbocycles. The Kier molecular flexibility index (Phi) is 4.43.